The molecule has 0 radical (unpaired) electrons. The topological polar surface area (TPSA) is 65.1 Å². The quantitative estimate of drug-likeness (QED) is 0.670. The Labute approximate surface area is 167 Å². The van der Waals surface area contributed by atoms with Crippen molar-refractivity contribution in [2.75, 3.05) is 24.3 Å². The summed E-state index contributed by atoms with van der Waals surface area (Å²) < 4.78 is 0. The van der Waals surface area contributed by atoms with Crippen LogP contribution in [-0.4, -0.2) is 47.3 Å². The molecular formula is C20H32N6S. The molecule has 0 spiro atoms. The van der Waals surface area contributed by atoms with Crippen molar-refractivity contribution in [2.24, 2.45) is 0 Å². The molecule has 3 N–H and O–H groups in total. The molecule has 0 unspecified atom stereocenters. The van der Waals surface area contributed by atoms with Gasteiger partial charge in [-0.05, 0) is 76.4 Å². The van der Waals surface area contributed by atoms with Crippen molar-refractivity contribution in [3.05, 3.63) is 11.3 Å². The van der Waals surface area contributed by atoms with E-state index in [0.717, 1.165) is 55.4 Å². The standard InChI is InChI=1S/C20H32N6S/c1-26(2)18-16-5-3-4-6-17(16)24-19(25-18)21-13-7-9-14(10-8-13)22-20(27)23-15-11-12-15/h13-15H,3-12H2,1-2H3,(H,21,24,25)(H2,22,23,27). The van der Waals surface area contributed by atoms with Crippen LogP contribution in [-0.2, 0) is 12.8 Å². The van der Waals surface area contributed by atoms with Crippen LogP contribution in [0.2, 0.25) is 0 Å². The summed E-state index contributed by atoms with van der Waals surface area (Å²) in [6.07, 6.45) is 11.7. The fourth-order valence-corrected chi connectivity index (χ4v) is 4.55. The van der Waals surface area contributed by atoms with Crippen molar-refractivity contribution >= 4 is 29.1 Å². The Kier molecular flexibility index (Phi) is 5.66. The van der Waals surface area contributed by atoms with E-state index in [0.29, 0.717) is 18.1 Å². The zero-order valence-corrected chi connectivity index (χ0v) is 17.4. The molecule has 0 saturated heterocycles. The van der Waals surface area contributed by atoms with Crippen LogP contribution in [0.15, 0.2) is 0 Å². The van der Waals surface area contributed by atoms with Crippen molar-refractivity contribution in [2.45, 2.75) is 82.3 Å². The number of fused-ring (bicyclic) bond motifs is 1. The van der Waals surface area contributed by atoms with Crippen LogP contribution in [0.25, 0.3) is 0 Å². The van der Waals surface area contributed by atoms with E-state index < -0.39 is 0 Å². The third-order valence-corrected chi connectivity index (χ3v) is 6.13. The van der Waals surface area contributed by atoms with E-state index in [1.54, 1.807) is 0 Å². The number of aryl methyl sites for hydroxylation is 1. The lowest BCUT2D eigenvalue weighted by Gasteiger charge is -2.31. The van der Waals surface area contributed by atoms with Gasteiger partial charge < -0.3 is 20.9 Å². The van der Waals surface area contributed by atoms with Gasteiger partial charge in [0.1, 0.15) is 5.82 Å². The van der Waals surface area contributed by atoms with Gasteiger partial charge in [-0.1, -0.05) is 0 Å². The fraction of sp³-hybridized carbons (Fsp3) is 0.750. The van der Waals surface area contributed by atoms with Crippen LogP contribution in [0, 0.1) is 0 Å². The number of nitrogens with zero attached hydrogens (tertiary/aromatic N) is 3. The molecular weight excluding hydrogens is 356 g/mol. The first-order valence-electron chi connectivity index (χ1n) is 10.5. The average molecular weight is 389 g/mol. The fourth-order valence-electron chi connectivity index (χ4n) is 4.21. The Balaban J connectivity index is 1.33. The predicted octanol–water partition coefficient (Wildman–Crippen LogP) is 2.77. The summed E-state index contributed by atoms with van der Waals surface area (Å²) in [5, 5.41) is 11.3. The highest BCUT2D eigenvalue weighted by Gasteiger charge is 2.26. The van der Waals surface area contributed by atoms with Gasteiger partial charge >= 0.3 is 0 Å². The minimum atomic E-state index is 0.449. The third-order valence-electron chi connectivity index (χ3n) is 5.89. The number of aromatic nitrogens is 2. The molecule has 3 aliphatic rings. The zero-order chi connectivity index (χ0) is 18.8. The summed E-state index contributed by atoms with van der Waals surface area (Å²) in [6.45, 7) is 0. The van der Waals surface area contributed by atoms with E-state index >= 15 is 0 Å². The maximum absolute atomic E-state index is 5.42. The van der Waals surface area contributed by atoms with Crippen LogP contribution in [0.4, 0.5) is 11.8 Å². The maximum Gasteiger partial charge on any atom is 0.225 e. The number of thiocarbonyl (C=S) groups is 1. The van der Waals surface area contributed by atoms with Gasteiger partial charge in [0, 0.05) is 37.8 Å². The van der Waals surface area contributed by atoms with Gasteiger partial charge in [-0.2, -0.15) is 4.98 Å². The predicted molar refractivity (Wildman–Crippen MR) is 115 cm³/mol. The summed E-state index contributed by atoms with van der Waals surface area (Å²) in [5.41, 5.74) is 2.59. The van der Waals surface area contributed by atoms with E-state index in [4.69, 9.17) is 22.2 Å². The maximum atomic E-state index is 5.42. The summed E-state index contributed by atoms with van der Waals surface area (Å²) in [4.78, 5) is 11.8. The number of hydrogen-bond acceptors (Lipinski definition) is 5. The molecule has 7 heteroatoms. The number of anilines is 2. The largest absolute Gasteiger partial charge is 0.362 e. The number of hydrogen-bond donors (Lipinski definition) is 3. The first kappa shape index (κ1) is 18.7. The van der Waals surface area contributed by atoms with E-state index in [-0.39, 0.29) is 0 Å². The van der Waals surface area contributed by atoms with Crippen molar-refractivity contribution in [3.63, 3.8) is 0 Å². The van der Waals surface area contributed by atoms with Crippen LogP contribution >= 0.6 is 12.2 Å². The lowest BCUT2D eigenvalue weighted by atomic mass is 9.91. The Hall–Kier alpha value is -1.63. The Morgan fingerprint density at radius 2 is 1.48 bits per heavy atom. The summed E-state index contributed by atoms with van der Waals surface area (Å²) in [6, 6.07) is 1.56. The van der Waals surface area contributed by atoms with Gasteiger partial charge in [-0.25, -0.2) is 4.98 Å². The number of rotatable bonds is 5. The van der Waals surface area contributed by atoms with E-state index in [1.165, 1.54) is 36.9 Å². The van der Waals surface area contributed by atoms with E-state index in [9.17, 15) is 0 Å². The molecule has 0 atom stereocenters. The summed E-state index contributed by atoms with van der Waals surface area (Å²) in [7, 11) is 4.16. The van der Waals surface area contributed by atoms with Crippen molar-refractivity contribution in [1.29, 1.82) is 0 Å². The first-order chi connectivity index (χ1) is 13.1. The molecule has 2 fully saturated rings. The summed E-state index contributed by atoms with van der Waals surface area (Å²) in [5.74, 6) is 1.90. The van der Waals surface area contributed by atoms with E-state index in [2.05, 4.69) is 34.9 Å². The second-order valence-electron chi connectivity index (χ2n) is 8.48. The molecule has 0 aromatic carbocycles. The lowest BCUT2D eigenvalue weighted by molar-refractivity contribution is 0.385. The second-order valence-corrected chi connectivity index (χ2v) is 8.89. The molecule has 2 saturated carbocycles. The monoisotopic (exact) mass is 388 g/mol. The van der Waals surface area contributed by atoms with Crippen molar-refractivity contribution in [1.82, 2.24) is 20.6 Å². The highest BCUT2D eigenvalue weighted by molar-refractivity contribution is 7.80. The van der Waals surface area contributed by atoms with Gasteiger partial charge in [0.2, 0.25) is 5.95 Å². The minimum absolute atomic E-state index is 0.449. The molecule has 1 heterocycles. The molecule has 1 aromatic heterocycles. The van der Waals surface area contributed by atoms with Crippen molar-refractivity contribution < 1.29 is 0 Å². The first-order valence-corrected chi connectivity index (χ1v) is 10.9. The smallest absolute Gasteiger partial charge is 0.225 e. The van der Waals surface area contributed by atoms with Crippen LogP contribution in [0.5, 0.6) is 0 Å². The van der Waals surface area contributed by atoms with Crippen LogP contribution in [0.1, 0.15) is 62.6 Å². The Morgan fingerprint density at radius 3 is 2.11 bits per heavy atom. The highest BCUT2D eigenvalue weighted by atomic mass is 32.1. The molecule has 0 amide bonds. The van der Waals surface area contributed by atoms with Gasteiger partial charge in [-0.15, -0.1) is 0 Å². The second kappa shape index (κ2) is 8.17. The normalized spacial score (nSPS) is 24.7. The minimum Gasteiger partial charge on any atom is -0.362 e. The molecule has 148 valence electrons. The van der Waals surface area contributed by atoms with Crippen LogP contribution < -0.4 is 20.9 Å². The zero-order valence-electron chi connectivity index (χ0n) is 16.6. The molecule has 1 aromatic rings. The Bertz CT molecular complexity index is 679. The molecule has 0 aliphatic heterocycles. The molecule has 3 aliphatic carbocycles. The Morgan fingerprint density at radius 1 is 0.889 bits per heavy atom. The van der Waals surface area contributed by atoms with Gasteiger partial charge in [-0.3, -0.25) is 0 Å². The highest BCUT2D eigenvalue weighted by Crippen LogP contribution is 2.29. The lowest BCUT2D eigenvalue weighted by Crippen LogP contribution is -2.45. The van der Waals surface area contributed by atoms with Gasteiger partial charge in [0.05, 0.1) is 5.69 Å². The summed E-state index contributed by atoms with van der Waals surface area (Å²) >= 11 is 5.42. The van der Waals surface area contributed by atoms with Gasteiger partial charge in [0.15, 0.2) is 5.11 Å². The average Bonchev–Trinajstić information content (AvgIpc) is 3.46. The van der Waals surface area contributed by atoms with Crippen molar-refractivity contribution in [3.8, 4) is 0 Å². The van der Waals surface area contributed by atoms with Gasteiger partial charge in [0.25, 0.3) is 0 Å². The molecule has 27 heavy (non-hydrogen) atoms. The molecule has 6 nitrogen and oxygen atoms in total. The van der Waals surface area contributed by atoms with E-state index in [1.807, 2.05) is 0 Å². The molecule has 0 bridgehead atoms. The number of nitrogens with one attached hydrogen (secondary N) is 3. The SMILES string of the molecule is CN(C)c1nc(NC2CCC(NC(=S)NC3CC3)CC2)nc2c1CCCC2. The third kappa shape index (κ3) is 4.81. The molecule has 4 rings (SSSR count). The van der Waals surface area contributed by atoms with Crippen LogP contribution in [0.3, 0.4) is 0 Å².